The summed E-state index contributed by atoms with van der Waals surface area (Å²) in [5.41, 5.74) is 1.72. The van der Waals surface area contributed by atoms with Crippen molar-refractivity contribution in [3.63, 3.8) is 0 Å². The fourth-order valence-electron chi connectivity index (χ4n) is 4.20. The molecule has 0 unspecified atom stereocenters. The number of fused-ring (bicyclic) bond motifs is 1. The van der Waals surface area contributed by atoms with E-state index in [9.17, 15) is 14.0 Å². The highest BCUT2D eigenvalue weighted by atomic mass is 19.1. The van der Waals surface area contributed by atoms with Gasteiger partial charge in [0.2, 0.25) is 5.88 Å². The van der Waals surface area contributed by atoms with Crippen molar-refractivity contribution < 1.29 is 28.2 Å². The smallest absolute Gasteiger partial charge is 0.319 e. The van der Waals surface area contributed by atoms with Crippen LogP contribution >= 0.6 is 0 Å². The van der Waals surface area contributed by atoms with Crippen molar-refractivity contribution in [1.29, 1.82) is 0 Å². The van der Waals surface area contributed by atoms with E-state index in [1.807, 2.05) is 10.6 Å². The molecule has 5 rings (SSSR count). The number of methoxy groups -OCH3 is 2. The molecule has 0 aliphatic carbocycles. The molecule has 11 heteroatoms. The second-order valence-electron chi connectivity index (χ2n) is 8.11. The lowest BCUT2D eigenvalue weighted by atomic mass is 9.97. The number of ether oxygens (including phenoxy) is 3. The van der Waals surface area contributed by atoms with Crippen LogP contribution in [0.2, 0.25) is 0 Å². The monoisotopic (exact) mass is 503 g/mol. The quantitative estimate of drug-likeness (QED) is 0.338. The molecule has 0 atom stereocenters. The first kappa shape index (κ1) is 23.9. The van der Waals surface area contributed by atoms with Gasteiger partial charge in [-0.05, 0) is 36.4 Å². The zero-order valence-corrected chi connectivity index (χ0v) is 20.3. The second-order valence-corrected chi connectivity index (χ2v) is 8.11. The second kappa shape index (κ2) is 9.69. The van der Waals surface area contributed by atoms with E-state index in [1.54, 1.807) is 30.6 Å². The van der Waals surface area contributed by atoms with E-state index in [4.69, 9.17) is 14.2 Å². The van der Waals surface area contributed by atoms with Crippen molar-refractivity contribution >= 4 is 34.0 Å². The lowest BCUT2D eigenvalue weighted by Gasteiger charge is -2.10. The maximum absolute atomic E-state index is 13.4. The number of rotatable bonds is 8. The standard InChI is InChI=1S/C26H22FN5O5/c1-31-24(33)20(18-13-29-26(36-3)30-23(18)35-2)21(25(31)34)19-14-32(22-17(19)5-4-10-28-22)11-12-37-16-8-6-15(27)7-9-16/h4-10,13-14H,11-12H2,1-3H3. The highest BCUT2D eigenvalue weighted by Gasteiger charge is 2.40. The van der Waals surface area contributed by atoms with Crippen LogP contribution in [0.5, 0.6) is 17.6 Å². The molecule has 0 saturated heterocycles. The van der Waals surface area contributed by atoms with Gasteiger partial charge >= 0.3 is 6.01 Å². The van der Waals surface area contributed by atoms with Crippen molar-refractivity contribution in [2.75, 3.05) is 27.9 Å². The summed E-state index contributed by atoms with van der Waals surface area (Å²) < 4.78 is 31.2. The molecule has 1 aliphatic rings. The van der Waals surface area contributed by atoms with Crippen molar-refractivity contribution in [2.24, 2.45) is 0 Å². The van der Waals surface area contributed by atoms with Crippen LogP contribution < -0.4 is 14.2 Å². The van der Waals surface area contributed by atoms with Gasteiger partial charge in [-0.25, -0.2) is 14.4 Å². The molecular formula is C26H22FN5O5. The minimum Gasteiger partial charge on any atom is -0.492 e. The van der Waals surface area contributed by atoms with E-state index in [0.29, 0.717) is 28.9 Å². The Morgan fingerprint density at radius 2 is 1.68 bits per heavy atom. The molecular weight excluding hydrogens is 481 g/mol. The van der Waals surface area contributed by atoms with Gasteiger partial charge < -0.3 is 18.8 Å². The molecule has 0 bridgehead atoms. The first-order valence-corrected chi connectivity index (χ1v) is 11.3. The van der Waals surface area contributed by atoms with Gasteiger partial charge in [-0.1, -0.05) is 0 Å². The topological polar surface area (TPSA) is 109 Å². The first-order valence-electron chi connectivity index (χ1n) is 11.3. The molecule has 0 spiro atoms. The number of carbonyl (C=O) groups is 2. The van der Waals surface area contributed by atoms with Gasteiger partial charge in [0.25, 0.3) is 11.8 Å². The highest BCUT2D eigenvalue weighted by Crippen LogP contribution is 2.40. The Kier molecular flexibility index (Phi) is 6.26. The van der Waals surface area contributed by atoms with Crippen LogP contribution in [0.3, 0.4) is 0 Å². The van der Waals surface area contributed by atoms with Crippen LogP contribution in [0.25, 0.3) is 22.2 Å². The fourth-order valence-corrected chi connectivity index (χ4v) is 4.20. The minimum absolute atomic E-state index is 0.0647. The van der Waals surface area contributed by atoms with Gasteiger partial charge in [-0.2, -0.15) is 4.98 Å². The average molecular weight is 503 g/mol. The summed E-state index contributed by atoms with van der Waals surface area (Å²) in [6.45, 7) is 0.657. The minimum atomic E-state index is -0.503. The van der Waals surface area contributed by atoms with E-state index in [2.05, 4.69) is 15.0 Å². The Morgan fingerprint density at radius 1 is 0.946 bits per heavy atom. The molecule has 0 radical (unpaired) electrons. The number of amides is 2. The zero-order chi connectivity index (χ0) is 26.1. The van der Waals surface area contributed by atoms with Crippen LogP contribution in [0.1, 0.15) is 11.1 Å². The van der Waals surface area contributed by atoms with Crippen molar-refractivity contribution in [3.8, 4) is 17.6 Å². The third-order valence-corrected chi connectivity index (χ3v) is 5.98. The van der Waals surface area contributed by atoms with Gasteiger partial charge in [0, 0.05) is 36.6 Å². The van der Waals surface area contributed by atoms with E-state index < -0.39 is 11.8 Å². The summed E-state index contributed by atoms with van der Waals surface area (Å²) in [7, 11) is 4.24. The van der Waals surface area contributed by atoms with Crippen molar-refractivity contribution in [2.45, 2.75) is 6.54 Å². The number of hydrogen-bond donors (Lipinski definition) is 0. The molecule has 10 nitrogen and oxygen atoms in total. The molecule has 188 valence electrons. The Hall–Kier alpha value is -4.80. The number of pyridine rings is 1. The molecule has 3 aromatic heterocycles. The van der Waals surface area contributed by atoms with Crippen LogP contribution in [0.4, 0.5) is 4.39 Å². The lowest BCUT2D eigenvalue weighted by Crippen LogP contribution is -2.26. The summed E-state index contributed by atoms with van der Waals surface area (Å²) in [5, 5.41) is 0.682. The molecule has 0 saturated carbocycles. The van der Waals surface area contributed by atoms with Crippen molar-refractivity contribution in [1.82, 2.24) is 24.4 Å². The number of hydrogen-bond acceptors (Lipinski definition) is 8. The maximum Gasteiger partial charge on any atom is 0.319 e. The summed E-state index contributed by atoms with van der Waals surface area (Å²) in [6, 6.07) is 9.40. The number of benzene rings is 1. The van der Waals surface area contributed by atoms with Gasteiger partial charge in [-0.3, -0.25) is 14.5 Å². The Morgan fingerprint density at radius 3 is 2.38 bits per heavy atom. The summed E-state index contributed by atoms with van der Waals surface area (Å²) in [4.78, 5) is 40.4. The third kappa shape index (κ3) is 4.24. The largest absolute Gasteiger partial charge is 0.492 e. The van der Waals surface area contributed by atoms with Crippen LogP contribution in [-0.2, 0) is 16.1 Å². The number of halogens is 1. The van der Waals surface area contributed by atoms with Crippen LogP contribution in [-0.4, -0.2) is 64.1 Å². The predicted molar refractivity (Wildman–Crippen MR) is 131 cm³/mol. The molecule has 37 heavy (non-hydrogen) atoms. The molecule has 1 aliphatic heterocycles. The molecule has 0 N–H and O–H groups in total. The molecule has 4 aromatic rings. The fraction of sp³-hybridized carbons (Fsp3) is 0.192. The molecule has 4 heterocycles. The predicted octanol–water partition coefficient (Wildman–Crippen LogP) is 2.97. The van der Waals surface area contributed by atoms with Gasteiger partial charge in [0.15, 0.2) is 0 Å². The van der Waals surface area contributed by atoms with Crippen molar-refractivity contribution in [3.05, 3.63) is 71.9 Å². The van der Waals surface area contributed by atoms with Gasteiger partial charge in [-0.15, -0.1) is 0 Å². The van der Waals surface area contributed by atoms with E-state index in [0.717, 1.165) is 4.90 Å². The number of nitrogens with zero attached hydrogens (tertiary/aromatic N) is 5. The Labute approximate surface area is 210 Å². The third-order valence-electron chi connectivity index (χ3n) is 5.98. The molecule has 2 amide bonds. The maximum atomic E-state index is 13.4. The summed E-state index contributed by atoms with van der Waals surface area (Å²) in [5.74, 6) is -0.688. The number of aromatic nitrogens is 4. The van der Waals surface area contributed by atoms with E-state index in [-0.39, 0.29) is 41.0 Å². The number of imide groups is 1. The van der Waals surface area contributed by atoms with E-state index in [1.165, 1.54) is 39.6 Å². The summed E-state index contributed by atoms with van der Waals surface area (Å²) >= 11 is 0. The number of carbonyl (C=O) groups excluding carboxylic acids is 2. The highest BCUT2D eigenvalue weighted by molar-refractivity contribution is 6.49. The van der Waals surface area contributed by atoms with Crippen LogP contribution in [0, 0.1) is 5.82 Å². The summed E-state index contributed by atoms with van der Waals surface area (Å²) in [6.07, 6.45) is 4.81. The van der Waals surface area contributed by atoms with E-state index >= 15 is 0 Å². The Balaban J connectivity index is 1.59. The van der Waals surface area contributed by atoms with Gasteiger partial charge in [0.1, 0.15) is 23.8 Å². The SMILES string of the molecule is COc1ncc(C2=C(c3cn(CCOc4ccc(F)cc4)c4ncccc34)C(=O)N(C)C2=O)c(OC)n1. The lowest BCUT2D eigenvalue weighted by molar-refractivity contribution is -0.134. The Bertz CT molecular complexity index is 1550. The molecule has 0 fully saturated rings. The zero-order valence-electron chi connectivity index (χ0n) is 20.3. The number of likely N-dealkylation sites (N-methyl/N-ethyl adjacent to an activating group) is 1. The normalized spacial score (nSPS) is 13.6. The van der Waals surface area contributed by atoms with Crippen LogP contribution in [0.15, 0.2) is 55.0 Å². The molecule has 1 aromatic carbocycles. The first-order chi connectivity index (χ1) is 17.9. The average Bonchev–Trinajstić information content (AvgIpc) is 3.39. The van der Waals surface area contributed by atoms with Gasteiger partial charge in [0.05, 0.1) is 37.5 Å².